The first-order valence-corrected chi connectivity index (χ1v) is 8.53. The Morgan fingerprint density at radius 1 is 0.667 bits per heavy atom. The summed E-state index contributed by atoms with van der Waals surface area (Å²) in [6.07, 6.45) is 0. The fourth-order valence-corrected chi connectivity index (χ4v) is 2.97. The highest BCUT2D eigenvalue weighted by Crippen LogP contribution is 2.32. The lowest BCUT2D eigenvalue weighted by molar-refractivity contribution is 0.103. The summed E-state index contributed by atoms with van der Waals surface area (Å²) in [5, 5.41) is 0. The summed E-state index contributed by atoms with van der Waals surface area (Å²) < 4.78 is 10.8. The van der Waals surface area contributed by atoms with Crippen molar-refractivity contribution in [1.82, 2.24) is 0 Å². The Morgan fingerprint density at radius 2 is 1.22 bits per heavy atom. The van der Waals surface area contributed by atoms with Gasteiger partial charge in [0, 0.05) is 17.2 Å². The summed E-state index contributed by atoms with van der Waals surface area (Å²) in [7, 11) is 2.97. The highest BCUT2D eigenvalue weighted by molar-refractivity contribution is 6.16. The van der Waals surface area contributed by atoms with Gasteiger partial charge in [-0.3, -0.25) is 9.59 Å². The van der Waals surface area contributed by atoms with Crippen LogP contribution in [0.5, 0.6) is 11.5 Å². The lowest BCUT2D eigenvalue weighted by atomic mass is 9.94. The maximum Gasteiger partial charge on any atom is 0.197 e. The van der Waals surface area contributed by atoms with Crippen LogP contribution in [0.15, 0.2) is 66.7 Å². The molecule has 136 valence electrons. The van der Waals surface area contributed by atoms with Crippen LogP contribution in [0.25, 0.3) is 0 Å². The summed E-state index contributed by atoms with van der Waals surface area (Å²) in [6, 6.07) is 19.4. The largest absolute Gasteiger partial charge is 0.496 e. The van der Waals surface area contributed by atoms with Gasteiger partial charge in [0.2, 0.25) is 0 Å². The van der Waals surface area contributed by atoms with E-state index < -0.39 is 0 Å². The number of benzene rings is 3. The van der Waals surface area contributed by atoms with E-state index in [9.17, 15) is 9.59 Å². The lowest BCUT2D eigenvalue weighted by Crippen LogP contribution is -2.10. The maximum absolute atomic E-state index is 13.1. The highest BCUT2D eigenvalue weighted by atomic mass is 16.5. The minimum Gasteiger partial charge on any atom is -0.496 e. The molecule has 0 unspecified atom stereocenters. The quantitative estimate of drug-likeness (QED) is 0.609. The van der Waals surface area contributed by atoms with Crippen molar-refractivity contribution in [3.05, 3.63) is 94.5 Å². The molecule has 4 heteroatoms. The maximum atomic E-state index is 13.1. The molecule has 27 heavy (non-hydrogen) atoms. The Balaban J connectivity index is 2.16. The van der Waals surface area contributed by atoms with Gasteiger partial charge >= 0.3 is 0 Å². The number of carbonyl (C=O) groups excluding carboxylic acids is 2. The lowest BCUT2D eigenvalue weighted by Gasteiger charge is -2.14. The molecular formula is C23H20O4. The van der Waals surface area contributed by atoms with Crippen molar-refractivity contribution in [1.29, 1.82) is 0 Å². The second kappa shape index (κ2) is 7.87. The first-order chi connectivity index (χ1) is 13.1. The normalized spacial score (nSPS) is 10.3. The van der Waals surface area contributed by atoms with Crippen LogP contribution in [0.3, 0.4) is 0 Å². The fourth-order valence-electron chi connectivity index (χ4n) is 2.97. The zero-order chi connectivity index (χ0) is 19.4. The third kappa shape index (κ3) is 3.60. The average Bonchev–Trinajstić information content (AvgIpc) is 2.72. The number of carbonyl (C=O) groups is 2. The zero-order valence-electron chi connectivity index (χ0n) is 15.5. The molecule has 0 saturated heterocycles. The van der Waals surface area contributed by atoms with Crippen LogP contribution in [0.4, 0.5) is 0 Å². The molecule has 0 aliphatic carbocycles. The topological polar surface area (TPSA) is 52.6 Å². The molecule has 0 bridgehead atoms. The standard InChI is InChI=1S/C23H20O4/c1-15-9-7-8-12-17(15)23(25)19-13-18(20(26-2)14-21(19)27-3)22(24)16-10-5-4-6-11-16/h4-14H,1-3H3. The van der Waals surface area contributed by atoms with Crippen molar-refractivity contribution in [2.75, 3.05) is 14.2 Å². The summed E-state index contributed by atoms with van der Waals surface area (Å²) in [4.78, 5) is 26.1. The minimum absolute atomic E-state index is 0.199. The van der Waals surface area contributed by atoms with Gasteiger partial charge in [0.25, 0.3) is 0 Å². The molecular weight excluding hydrogens is 340 g/mol. The SMILES string of the molecule is COc1cc(OC)c(C(=O)c2ccccc2C)cc1C(=O)c1ccccc1. The molecule has 0 fully saturated rings. The molecule has 0 heterocycles. The van der Waals surface area contributed by atoms with E-state index in [1.54, 1.807) is 42.5 Å². The Hall–Kier alpha value is -3.40. The van der Waals surface area contributed by atoms with Crippen molar-refractivity contribution in [3.8, 4) is 11.5 Å². The van der Waals surface area contributed by atoms with E-state index in [4.69, 9.17) is 9.47 Å². The molecule has 0 radical (unpaired) electrons. The molecule has 0 aliphatic heterocycles. The van der Waals surface area contributed by atoms with Crippen molar-refractivity contribution in [2.24, 2.45) is 0 Å². The average molecular weight is 360 g/mol. The van der Waals surface area contributed by atoms with Gasteiger partial charge in [0.15, 0.2) is 11.6 Å². The molecule has 3 aromatic carbocycles. The number of rotatable bonds is 6. The number of hydrogen-bond acceptors (Lipinski definition) is 4. The van der Waals surface area contributed by atoms with Gasteiger partial charge in [-0.1, -0.05) is 54.6 Å². The number of ketones is 2. The van der Waals surface area contributed by atoms with Crippen LogP contribution < -0.4 is 9.47 Å². The second-order valence-corrected chi connectivity index (χ2v) is 6.09. The van der Waals surface area contributed by atoms with E-state index in [0.29, 0.717) is 33.8 Å². The molecule has 0 amide bonds. The molecule has 0 atom stereocenters. The molecule has 4 nitrogen and oxygen atoms in total. The van der Waals surface area contributed by atoms with Crippen LogP contribution in [0.2, 0.25) is 0 Å². The summed E-state index contributed by atoms with van der Waals surface area (Å²) >= 11 is 0. The predicted molar refractivity (Wildman–Crippen MR) is 104 cm³/mol. The van der Waals surface area contributed by atoms with Crippen LogP contribution in [-0.4, -0.2) is 25.8 Å². The third-order valence-corrected chi connectivity index (χ3v) is 4.44. The number of methoxy groups -OCH3 is 2. The molecule has 0 spiro atoms. The molecule has 0 aliphatic rings. The third-order valence-electron chi connectivity index (χ3n) is 4.44. The van der Waals surface area contributed by atoms with E-state index >= 15 is 0 Å². The Labute approximate surface area is 158 Å². The van der Waals surface area contributed by atoms with E-state index in [1.807, 2.05) is 31.2 Å². The molecule has 0 N–H and O–H groups in total. The summed E-state index contributed by atoms with van der Waals surface area (Å²) in [5.74, 6) is 0.315. The van der Waals surface area contributed by atoms with Gasteiger partial charge in [0.1, 0.15) is 11.5 Å². The van der Waals surface area contributed by atoms with Gasteiger partial charge in [-0.15, -0.1) is 0 Å². The van der Waals surface area contributed by atoms with Gasteiger partial charge in [-0.05, 0) is 18.6 Å². The number of ether oxygens (including phenoxy) is 2. The monoisotopic (exact) mass is 360 g/mol. The molecule has 3 rings (SSSR count). The van der Waals surface area contributed by atoms with Crippen LogP contribution in [0.1, 0.15) is 37.4 Å². The van der Waals surface area contributed by atoms with Crippen molar-refractivity contribution in [3.63, 3.8) is 0 Å². The smallest absolute Gasteiger partial charge is 0.197 e. The summed E-state index contributed by atoms with van der Waals surface area (Å²) in [6.45, 7) is 1.87. The van der Waals surface area contributed by atoms with Gasteiger partial charge < -0.3 is 9.47 Å². The van der Waals surface area contributed by atoms with Gasteiger partial charge in [-0.25, -0.2) is 0 Å². The minimum atomic E-state index is -0.214. The van der Waals surface area contributed by atoms with Crippen molar-refractivity contribution >= 4 is 11.6 Å². The van der Waals surface area contributed by atoms with Crippen molar-refractivity contribution in [2.45, 2.75) is 6.92 Å². The zero-order valence-corrected chi connectivity index (χ0v) is 15.5. The number of hydrogen-bond donors (Lipinski definition) is 0. The first-order valence-electron chi connectivity index (χ1n) is 8.53. The molecule has 0 saturated carbocycles. The summed E-state index contributed by atoms with van der Waals surface area (Å²) in [5.41, 5.74) is 2.60. The van der Waals surface area contributed by atoms with Gasteiger partial charge in [-0.2, -0.15) is 0 Å². The Kier molecular flexibility index (Phi) is 5.36. The second-order valence-electron chi connectivity index (χ2n) is 6.09. The molecule has 3 aromatic rings. The van der Waals surface area contributed by atoms with Crippen LogP contribution in [-0.2, 0) is 0 Å². The Morgan fingerprint density at radius 3 is 1.81 bits per heavy atom. The van der Waals surface area contributed by atoms with E-state index in [1.165, 1.54) is 14.2 Å². The number of aryl methyl sites for hydroxylation is 1. The van der Waals surface area contributed by atoms with E-state index in [2.05, 4.69) is 0 Å². The van der Waals surface area contributed by atoms with E-state index in [0.717, 1.165) is 5.56 Å². The molecule has 0 aromatic heterocycles. The van der Waals surface area contributed by atoms with Crippen LogP contribution >= 0.6 is 0 Å². The Bertz CT molecular complexity index is 991. The van der Waals surface area contributed by atoms with E-state index in [-0.39, 0.29) is 11.6 Å². The van der Waals surface area contributed by atoms with Crippen LogP contribution in [0, 0.1) is 6.92 Å². The fraction of sp³-hybridized carbons (Fsp3) is 0.130. The highest BCUT2D eigenvalue weighted by Gasteiger charge is 2.23. The van der Waals surface area contributed by atoms with Crippen molar-refractivity contribution < 1.29 is 19.1 Å². The van der Waals surface area contributed by atoms with Gasteiger partial charge in [0.05, 0.1) is 25.3 Å². The predicted octanol–water partition coefficient (Wildman–Crippen LogP) is 4.47. The first kappa shape index (κ1) is 18.4.